The molecular weight excluding hydrogens is 292 g/mol. The zero-order chi connectivity index (χ0) is 16.0. The van der Waals surface area contributed by atoms with Crippen molar-refractivity contribution < 1.29 is 17.9 Å². The highest BCUT2D eigenvalue weighted by Crippen LogP contribution is 2.16. The lowest BCUT2D eigenvalue weighted by atomic mass is 10.1. The third-order valence-corrected chi connectivity index (χ3v) is 4.47. The minimum Gasteiger partial charge on any atom is -0.465 e. The molecule has 0 saturated carbocycles. The number of hydrogen-bond acceptors (Lipinski definition) is 5. The molecule has 21 heavy (non-hydrogen) atoms. The summed E-state index contributed by atoms with van der Waals surface area (Å²) in [5.74, 6) is -0.481. The van der Waals surface area contributed by atoms with Gasteiger partial charge in [-0.25, -0.2) is 17.9 Å². The Morgan fingerprint density at radius 1 is 1.38 bits per heavy atom. The molecule has 6 nitrogen and oxygen atoms in total. The predicted octanol–water partition coefficient (Wildman–Crippen LogP) is 1.06. The van der Waals surface area contributed by atoms with Gasteiger partial charge < -0.3 is 10.1 Å². The quantitative estimate of drug-likeness (QED) is 0.735. The summed E-state index contributed by atoms with van der Waals surface area (Å²) in [5.41, 5.74) is 0.918. The smallest absolute Gasteiger partial charge is 0.338 e. The number of benzene rings is 1. The van der Waals surface area contributed by atoms with E-state index < -0.39 is 16.0 Å². The first-order valence-corrected chi connectivity index (χ1v) is 8.22. The maximum Gasteiger partial charge on any atom is 0.338 e. The zero-order valence-electron chi connectivity index (χ0n) is 12.8. The molecule has 118 valence electrons. The number of ether oxygens (including phenoxy) is 1. The van der Waals surface area contributed by atoms with E-state index in [0.29, 0.717) is 17.7 Å². The zero-order valence-corrected chi connectivity index (χ0v) is 13.6. The number of likely N-dealkylation sites (N-methyl/N-ethyl adjacent to an activating group) is 1. The fourth-order valence-corrected chi connectivity index (χ4v) is 3.10. The first-order chi connectivity index (χ1) is 9.81. The normalized spacial score (nSPS) is 13.0. The largest absolute Gasteiger partial charge is 0.465 e. The Labute approximate surface area is 125 Å². The van der Waals surface area contributed by atoms with Crippen LogP contribution in [0.1, 0.15) is 29.8 Å². The third kappa shape index (κ3) is 4.80. The number of aryl methyl sites for hydroxylation is 1. The monoisotopic (exact) mass is 314 g/mol. The fourth-order valence-electron chi connectivity index (χ4n) is 1.88. The molecule has 1 aromatic rings. The van der Waals surface area contributed by atoms with E-state index in [4.69, 9.17) is 0 Å². The molecule has 0 aliphatic rings. The summed E-state index contributed by atoms with van der Waals surface area (Å²) in [5, 5.41) is 3.12. The Bertz CT molecular complexity index is 599. The number of carbonyl (C=O) groups excluding carboxylic acids is 1. The van der Waals surface area contributed by atoms with Gasteiger partial charge in [-0.15, -0.1) is 0 Å². The molecule has 0 aliphatic heterocycles. The Kier molecular flexibility index (Phi) is 6.32. The molecular formula is C14H22N2O4S. The molecule has 0 unspecified atom stereocenters. The Hall–Kier alpha value is -1.44. The second kappa shape index (κ2) is 7.53. The predicted molar refractivity (Wildman–Crippen MR) is 80.8 cm³/mol. The van der Waals surface area contributed by atoms with Crippen molar-refractivity contribution in [3.8, 4) is 0 Å². The van der Waals surface area contributed by atoms with E-state index in [9.17, 15) is 13.2 Å². The Balaban J connectivity index is 2.89. The van der Waals surface area contributed by atoms with Crippen molar-refractivity contribution in [1.29, 1.82) is 0 Å². The molecule has 7 heteroatoms. The summed E-state index contributed by atoms with van der Waals surface area (Å²) in [6, 6.07) is 4.37. The lowest BCUT2D eigenvalue weighted by Crippen LogP contribution is -2.38. The van der Waals surface area contributed by atoms with E-state index in [2.05, 4.69) is 14.8 Å². The van der Waals surface area contributed by atoms with Crippen molar-refractivity contribution in [2.75, 3.05) is 20.2 Å². The third-order valence-electron chi connectivity index (χ3n) is 3.05. The Morgan fingerprint density at radius 3 is 2.57 bits per heavy atom. The average Bonchev–Trinajstić information content (AvgIpc) is 2.44. The topological polar surface area (TPSA) is 84.5 Å². The molecule has 0 amide bonds. The average molecular weight is 314 g/mol. The van der Waals surface area contributed by atoms with Crippen LogP contribution in [0.5, 0.6) is 0 Å². The molecule has 1 atom stereocenters. The van der Waals surface area contributed by atoms with Crippen LogP contribution in [0.3, 0.4) is 0 Å². The van der Waals surface area contributed by atoms with Gasteiger partial charge in [-0.3, -0.25) is 0 Å². The van der Waals surface area contributed by atoms with E-state index in [1.54, 1.807) is 6.92 Å². The maximum absolute atomic E-state index is 12.2. The van der Waals surface area contributed by atoms with Crippen molar-refractivity contribution in [3.05, 3.63) is 29.3 Å². The van der Waals surface area contributed by atoms with Gasteiger partial charge in [0.25, 0.3) is 0 Å². The maximum atomic E-state index is 12.2. The van der Waals surface area contributed by atoms with Crippen LogP contribution in [0.2, 0.25) is 0 Å². The molecule has 0 aromatic heterocycles. The molecule has 0 aliphatic carbocycles. The SMILES string of the molecule is CCN[C@H](C)CNS(=O)(=O)c1ccc(C(=O)OC)c(C)c1. The number of esters is 1. The van der Waals surface area contributed by atoms with Crippen LogP contribution in [0.4, 0.5) is 0 Å². The van der Waals surface area contributed by atoms with Crippen molar-refractivity contribution in [3.63, 3.8) is 0 Å². The summed E-state index contributed by atoms with van der Waals surface area (Å²) in [6.45, 7) is 6.61. The second-order valence-corrected chi connectivity index (χ2v) is 6.55. The van der Waals surface area contributed by atoms with Gasteiger partial charge in [0.15, 0.2) is 0 Å². The van der Waals surface area contributed by atoms with Crippen LogP contribution in [-0.2, 0) is 14.8 Å². The van der Waals surface area contributed by atoms with E-state index in [0.717, 1.165) is 6.54 Å². The number of rotatable bonds is 7. The number of hydrogen-bond donors (Lipinski definition) is 2. The van der Waals surface area contributed by atoms with Gasteiger partial charge in [-0.05, 0) is 44.2 Å². The summed E-state index contributed by atoms with van der Waals surface area (Å²) >= 11 is 0. The second-order valence-electron chi connectivity index (χ2n) is 4.78. The lowest BCUT2D eigenvalue weighted by Gasteiger charge is -2.14. The first-order valence-electron chi connectivity index (χ1n) is 6.73. The Morgan fingerprint density at radius 2 is 2.05 bits per heavy atom. The first kappa shape index (κ1) is 17.6. The van der Waals surface area contributed by atoms with E-state index in [-0.39, 0.29) is 10.9 Å². The molecule has 0 bridgehead atoms. The minimum atomic E-state index is -3.59. The van der Waals surface area contributed by atoms with Crippen molar-refractivity contribution in [2.24, 2.45) is 0 Å². The van der Waals surface area contributed by atoms with Gasteiger partial charge in [0.1, 0.15) is 0 Å². The van der Waals surface area contributed by atoms with Crippen molar-refractivity contribution in [1.82, 2.24) is 10.0 Å². The van der Waals surface area contributed by atoms with Crippen LogP contribution in [0, 0.1) is 6.92 Å². The number of methoxy groups -OCH3 is 1. The number of nitrogens with one attached hydrogen (secondary N) is 2. The van der Waals surface area contributed by atoms with Crippen molar-refractivity contribution in [2.45, 2.75) is 31.7 Å². The minimum absolute atomic E-state index is 0.0419. The van der Waals surface area contributed by atoms with Crippen LogP contribution >= 0.6 is 0 Å². The highest BCUT2D eigenvalue weighted by molar-refractivity contribution is 7.89. The van der Waals surface area contributed by atoms with Crippen LogP contribution < -0.4 is 10.0 Å². The van der Waals surface area contributed by atoms with Crippen LogP contribution in [-0.4, -0.2) is 40.6 Å². The molecule has 0 radical (unpaired) electrons. The highest BCUT2D eigenvalue weighted by atomic mass is 32.2. The van der Waals surface area contributed by atoms with Gasteiger partial charge in [0.2, 0.25) is 10.0 Å². The van der Waals surface area contributed by atoms with Gasteiger partial charge in [-0.1, -0.05) is 6.92 Å². The van der Waals surface area contributed by atoms with Gasteiger partial charge in [0, 0.05) is 12.6 Å². The number of sulfonamides is 1. The van der Waals surface area contributed by atoms with E-state index >= 15 is 0 Å². The fraction of sp³-hybridized carbons (Fsp3) is 0.500. The summed E-state index contributed by atoms with van der Waals surface area (Å²) in [6.07, 6.45) is 0. The molecule has 0 spiro atoms. The van der Waals surface area contributed by atoms with Crippen LogP contribution in [0.15, 0.2) is 23.1 Å². The summed E-state index contributed by atoms with van der Waals surface area (Å²) < 4.78 is 31.6. The van der Waals surface area contributed by atoms with Gasteiger partial charge in [-0.2, -0.15) is 0 Å². The van der Waals surface area contributed by atoms with E-state index in [1.165, 1.54) is 25.3 Å². The lowest BCUT2D eigenvalue weighted by molar-refractivity contribution is 0.0600. The van der Waals surface area contributed by atoms with Crippen LogP contribution in [0.25, 0.3) is 0 Å². The highest BCUT2D eigenvalue weighted by Gasteiger charge is 2.17. The standard InChI is InChI=1S/C14H22N2O4S/c1-5-15-11(3)9-16-21(18,19)12-6-7-13(10(2)8-12)14(17)20-4/h6-8,11,15-16H,5,9H2,1-4H3/t11-/m1/s1. The molecule has 2 N–H and O–H groups in total. The molecule has 0 saturated heterocycles. The summed E-state index contributed by atoms with van der Waals surface area (Å²) in [7, 11) is -2.30. The molecule has 0 fully saturated rings. The van der Waals surface area contributed by atoms with Crippen molar-refractivity contribution >= 4 is 16.0 Å². The van der Waals surface area contributed by atoms with E-state index in [1.807, 2.05) is 13.8 Å². The number of carbonyl (C=O) groups is 1. The molecule has 0 heterocycles. The van der Waals surface area contributed by atoms with Gasteiger partial charge >= 0.3 is 5.97 Å². The summed E-state index contributed by atoms with van der Waals surface area (Å²) in [4.78, 5) is 11.6. The van der Waals surface area contributed by atoms with Gasteiger partial charge in [0.05, 0.1) is 17.6 Å². The molecule has 1 rings (SSSR count). The molecule has 1 aromatic carbocycles.